The molecule has 7 nitrogen and oxygen atoms in total. The molecule has 2 rings (SSSR count). The molecule has 2 amide bonds. The molecule has 0 spiro atoms. The van der Waals surface area contributed by atoms with E-state index in [4.69, 9.17) is 5.11 Å². The molecule has 7 heteroatoms. The predicted molar refractivity (Wildman–Crippen MR) is 71.1 cm³/mol. The Morgan fingerprint density at radius 3 is 1.90 bits per heavy atom. The number of carboxylic acid groups (broad SMARTS) is 1. The Balaban J connectivity index is 1.66. The zero-order chi connectivity index (χ0) is 14.5. The highest BCUT2D eigenvalue weighted by atomic mass is 16.4. The van der Waals surface area contributed by atoms with Crippen molar-refractivity contribution >= 4 is 17.8 Å². The minimum absolute atomic E-state index is 0.0601. The van der Waals surface area contributed by atoms with E-state index in [2.05, 4.69) is 9.80 Å². The van der Waals surface area contributed by atoms with Crippen LogP contribution in [0.2, 0.25) is 0 Å². The highest BCUT2D eigenvalue weighted by molar-refractivity contribution is 6.01. The van der Waals surface area contributed by atoms with E-state index in [-0.39, 0.29) is 18.2 Å². The van der Waals surface area contributed by atoms with Crippen molar-refractivity contribution in [3.8, 4) is 0 Å². The van der Waals surface area contributed by atoms with Crippen LogP contribution in [0.4, 0.5) is 0 Å². The molecule has 0 aromatic rings. The van der Waals surface area contributed by atoms with Gasteiger partial charge in [-0.15, -0.1) is 0 Å². The molecule has 0 unspecified atom stereocenters. The van der Waals surface area contributed by atoms with Gasteiger partial charge in [0.15, 0.2) is 0 Å². The van der Waals surface area contributed by atoms with Crippen LogP contribution in [0.25, 0.3) is 0 Å². The van der Waals surface area contributed by atoms with Crippen LogP contribution in [0.15, 0.2) is 0 Å². The average Bonchev–Trinajstić information content (AvgIpc) is 2.75. The molecule has 0 aliphatic carbocycles. The lowest BCUT2D eigenvalue weighted by molar-refractivity contribution is -0.139. The zero-order valence-electron chi connectivity index (χ0n) is 11.6. The van der Waals surface area contributed by atoms with Crippen molar-refractivity contribution in [2.45, 2.75) is 19.3 Å². The summed E-state index contributed by atoms with van der Waals surface area (Å²) in [5.74, 6) is -0.885. The van der Waals surface area contributed by atoms with E-state index in [0.717, 1.165) is 26.2 Å². The largest absolute Gasteiger partial charge is 0.481 e. The zero-order valence-corrected chi connectivity index (χ0v) is 11.6. The summed E-state index contributed by atoms with van der Waals surface area (Å²) in [5.41, 5.74) is 0. The van der Waals surface area contributed by atoms with Gasteiger partial charge in [0, 0.05) is 58.7 Å². The van der Waals surface area contributed by atoms with Gasteiger partial charge in [-0.1, -0.05) is 0 Å². The molecular weight excluding hydrogens is 262 g/mol. The molecule has 0 radical (unpaired) electrons. The molecule has 0 aromatic carbocycles. The molecule has 0 atom stereocenters. The van der Waals surface area contributed by atoms with Gasteiger partial charge in [0.1, 0.15) is 0 Å². The highest BCUT2D eigenvalue weighted by Crippen LogP contribution is 2.11. The fourth-order valence-corrected chi connectivity index (χ4v) is 2.60. The number of imide groups is 1. The van der Waals surface area contributed by atoms with Crippen molar-refractivity contribution in [1.82, 2.24) is 14.7 Å². The van der Waals surface area contributed by atoms with Crippen LogP contribution in [0.1, 0.15) is 19.3 Å². The van der Waals surface area contributed by atoms with Crippen molar-refractivity contribution < 1.29 is 19.5 Å². The van der Waals surface area contributed by atoms with E-state index in [1.54, 1.807) is 0 Å². The fraction of sp³-hybridized carbons (Fsp3) is 0.769. The number of likely N-dealkylation sites (tertiary alicyclic amines) is 1. The number of hydrogen-bond acceptors (Lipinski definition) is 5. The predicted octanol–water partition coefficient (Wildman–Crippen LogP) is -0.772. The van der Waals surface area contributed by atoms with Gasteiger partial charge in [0.05, 0.1) is 6.42 Å². The lowest BCUT2D eigenvalue weighted by atomic mass is 10.3. The molecule has 112 valence electrons. The minimum atomic E-state index is -0.765. The maximum Gasteiger partial charge on any atom is 0.304 e. The Kier molecular flexibility index (Phi) is 5.08. The van der Waals surface area contributed by atoms with Gasteiger partial charge >= 0.3 is 5.97 Å². The first-order chi connectivity index (χ1) is 9.56. The summed E-state index contributed by atoms with van der Waals surface area (Å²) in [7, 11) is 0. The molecule has 0 saturated carbocycles. The third kappa shape index (κ3) is 4.01. The number of aliphatic carboxylic acids is 1. The van der Waals surface area contributed by atoms with Gasteiger partial charge < -0.3 is 10.0 Å². The molecule has 2 saturated heterocycles. The summed E-state index contributed by atoms with van der Waals surface area (Å²) >= 11 is 0. The smallest absolute Gasteiger partial charge is 0.304 e. The number of hydrogen-bond donors (Lipinski definition) is 1. The average molecular weight is 283 g/mol. The van der Waals surface area contributed by atoms with Gasteiger partial charge in [0.25, 0.3) is 0 Å². The van der Waals surface area contributed by atoms with Crippen LogP contribution < -0.4 is 0 Å². The van der Waals surface area contributed by atoms with E-state index in [0.29, 0.717) is 32.5 Å². The first-order valence-electron chi connectivity index (χ1n) is 7.06. The van der Waals surface area contributed by atoms with E-state index in [1.165, 1.54) is 4.90 Å². The summed E-state index contributed by atoms with van der Waals surface area (Å²) in [4.78, 5) is 39.2. The van der Waals surface area contributed by atoms with Crippen molar-refractivity contribution in [3.05, 3.63) is 0 Å². The van der Waals surface area contributed by atoms with Crippen molar-refractivity contribution in [3.63, 3.8) is 0 Å². The van der Waals surface area contributed by atoms with Crippen LogP contribution in [-0.2, 0) is 14.4 Å². The first kappa shape index (κ1) is 14.9. The number of nitrogens with zero attached hydrogens (tertiary/aromatic N) is 3. The number of rotatable bonds is 6. The van der Waals surface area contributed by atoms with E-state index < -0.39 is 5.97 Å². The van der Waals surface area contributed by atoms with Crippen LogP contribution in [0, 0.1) is 0 Å². The van der Waals surface area contributed by atoms with Gasteiger partial charge in [-0.3, -0.25) is 24.2 Å². The van der Waals surface area contributed by atoms with E-state index >= 15 is 0 Å². The number of piperazine rings is 1. The SMILES string of the molecule is O=C(O)CCN1CCN(CCN2C(=O)CCC2=O)CC1. The second-order valence-electron chi connectivity index (χ2n) is 5.27. The fourth-order valence-electron chi connectivity index (χ4n) is 2.60. The molecule has 2 aliphatic rings. The van der Waals surface area contributed by atoms with Crippen LogP contribution in [-0.4, -0.2) is 83.4 Å². The highest BCUT2D eigenvalue weighted by Gasteiger charge is 2.29. The summed E-state index contributed by atoms with van der Waals surface area (Å²) in [5, 5.41) is 8.64. The number of carboxylic acids is 1. The number of carbonyl (C=O) groups is 3. The van der Waals surface area contributed by atoms with Gasteiger partial charge in [-0.25, -0.2) is 0 Å². The van der Waals surface area contributed by atoms with E-state index in [9.17, 15) is 14.4 Å². The maximum absolute atomic E-state index is 11.5. The molecule has 2 heterocycles. The molecule has 0 aromatic heterocycles. The third-order valence-electron chi connectivity index (χ3n) is 3.90. The maximum atomic E-state index is 11.5. The molecule has 0 bridgehead atoms. The molecule has 20 heavy (non-hydrogen) atoms. The topological polar surface area (TPSA) is 81.2 Å². The Morgan fingerprint density at radius 1 is 0.900 bits per heavy atom. The Labute approximate surface area is 118 Å². The monoisotopic (exact) mass is 283 g/mol. The normalized spacial score (nSPS) is 21.7. The second kappa shape index (κ2) is 6.81. The Morgan fingerprint density at radius 2 is 1.40 bits per heavy atom. The van der Waals surface area contributed by atoms with Crippen LogP contribution in [0.5, 0.6) is 0 Å². The summed E-state index contributed by atoms with van der Waals surface area (Å²) in [6.07, 6.45) is 0.875. The number of amides is 2. The van der Waals surface area contributed by atoms with Crippen LogP contribution in [0.3, 0.4) is 0 Å². The van der Waals surface area contributed by atoms with Crippen LogP contribution >= 0.6 is 0 Å². The van der Waals surface area contributed by atoms with Crippen molar-refractivity contribution in [1.29, 1.82) is 0 Å². The van der Waals surface area contributed by atoms with Gasteiger partial charge in [0.2, 0.25) is 11.8 Å². The first-order valence-corrected chi connectivity index (χ1v) is 7.06. The molecular formula is C13H21N3O4. The van der Waals surface area contributed by atoms with Gasteiger partial charge in [-0.05, 0) is 0 Å². The molecule has 1 N–H and O–H groups in total. The second-order valence-corrected chi connectivity index (χ2v) is 5.27. The summed E-state index contributed by atoms with van der Waals surface area (Å²) < 4.78 is 0. The Hall–Kier alpha value is -1.47. The van der Waals surface area contributed by atoms with Crippen molar-refractivity contribution in [2.75, 3.05) is 45.8 Å². The summed E-state index contributed by atoms with van der Waals surface area (Å²) in [6.45, 7) is 5.18. The van der Waals surface area contributed by atoms with Crippen molar-refractivity contribution in [2.24, 2.45) is 0 Å². The lowest BCUT2D eigenvalue weighted by Crippen LogP contribution is -2.49. The standard InChI is InChI=1S/C13H21N3O4/c17-11-1-2-12(18)16(11)10-9-15-7-5-14(6-8-15)4-3-13(19)20/h1-10H2,(H,19,20). The van der Waals surface area contributed by atoms with E-state index in [1.807, 2.05) is 0 Å². The minimum Gasteiger partial charge on any atom is -0.481 e. The molecule has 2 aliphatic heterocycles. The Bertz CT molecular complexity index is 375. The third-order valence-corrected chi connectivity index (χ3v) is 3.90. The summed E-state index contributed by atoms with van der Waals surface area (Å²) in [6, 6.07) is 0. The number of carbonyl (C=O) groups excluding carboxylic acids is 2. The molecule has 2 fully saturated rings. The lowest BCUT2D eigenvalue weighted by Gasteiger charge is -2.34. The quantitative estimate of drug-likeness (QED) is 0.645. The van der Waals surface area contributed by atoms with Gasteiger partial charge in [-0.2, -0.15) is 0 Å².